The number of hydrogen-bond acceptors (Lipinski definition) is 4. The molecule has 0 aromatic heterocycles. The van der Waals surface area contributed by atoms with Crippen LogP contribution in [0.2, 0.25) is 0 Å². The minimum Gasteiger partial charge on any atom is -0.313 e. The van der Waals surface area contributed by atoms with Gasteiger partial charge in [-0.15, -0.1) is 0 Å². The first-order chi connectivity index (χ1) is 8.93. The van der Waals surface area contributed by atoms with Gasteiger partial charge in [0.05, 0.1) is 4.92 Å². The molecule has 1 N–H and O–H groups in total. The first-order valence-electron chi connectivity index (χ1n) is 6.19. The Kier molecular flexibility index (Phi) is 6.11. The lowest BCUT2D eigenvalue weighted by Crippen LogP contribution is -2.21. The van der Waals surface area contributed by atoms with Crippen molar-refractivity contribution in [3.63, 3.8) is 0 Å². The molecule has 5 nitrogen and oxygen atoms in total. The molecule has 2 unspecified atom stereocenters. The number of hydrogen-bond donors (Lipinski definition) is 1. The number of nitrogens with zero attached hydrogens (tertiary/aromatic N) is 1. The minimum atomic E-state index is -0.802. The van der Waals surface area contributed by atoms with Crippen LogP contribution in [-0.4, -0.2) is 27.2 Å². The Bertz CT molecular complexity index is 477. The summed E-state index contributed by atoms with van der Waals surface area (Å²) >= 11 is 0. The fourth-order valence-corrected chi connectivity index (χ4v) is 2.20. The number of rotatable bonds is 7. The predicted octanol–water partition coefficient (Wildman–Crippen LogP) is 2.15. The van der Waals surface area contributed by atoms with Gasteiger partial charge in [0.25, 0.3) is 5.69 Å². The molecule has 0 saturated heterocycles. The molecule has 0 spiro atoms. The van der Waals surface area contributed by atoms with Crippen LogP contribution in [-0.2, 0) is 17.3 Å². The molecular formula is C13H20N2O3S. The van der Waals surface area contributed by atoms with Crippen molar-refractivity contribution in [3.8, 4) is 0 Å². The van der Waals surface area contributed by atoms with Crippen molar-refractivity contribution < 1.29 is 9.13 Å². The van der Waals surface area contributed by atoms with E-state index < -0.39 is 10.8 Å². The molecule has 0 fully saturated rings. The minimum absolute atomic E-state index is 0.155. The van der Waals surface area contributed by atoms with Crippen LogP contribution >= 0.6 is 0 Å². The third kappa shape index (κ3) is 4.72. The third-order valence-corrected chi connectivity index (χ3v) is 4.59. The van der Waals surface area contributed by atoms with Crippen LogP contribution in [0.1, 0.15) is 24.5 Å². The van der Waals surface area contributed by atoms with Crippen LogP contribution in [0.25, 0.3) is 0 Å². The zero-order valence-electron chi connectivity index (χ0n) is 11.5. The van der Waals surface area contributed by atoms with Gasteiger partial charge in [0, 0.05) is 40.5 Å². The largest absolute Gasteiger partial charge is 0.313 e. The monoisotopic (exact) mass is 284 g/mol. The van der Waals surface area contributed by atoms with Crippen molar-refractivity contribution >= 4 is 16.5 Å². The van der Waals surface area contributed by atoms with Gasteiger partial charge in [-0.05, 0) is 25.5 Å². The average molecular weight is 284 g/mol. The van der Waals surface area contributed by atoms with Crippen LogP contribution in [0.15, 0.2) is 18.2 Å². The molecule has 1 aromatic rings. The third-order valence-electron chi connectivity index (χ3n) is 3.22. The van der Waals surface area contributed by atoms with Crippen molar-refractivity contribution in [1.82, 2.24) is 5.32 Å². The second kappa shape index (κ2) is 7.35. The summed E-state index contributed by atoms with van der Waals surface area (Å²) in [7, 11) is -0.802. The molecule has 1 aromatic carbocycles. The molecule has 0 radical (unpaired) electrons. The number of nitrogens with one attached hydrogen (secondary N) is 1. The van der Waals surface area contributed by atoms with Gasteiger partial charge in [0.2, 0.25) is 0 Å². The summed E-state index contributed by atoms with van der Waals surface area (Å²) in [4.78, 5) is 10.5. The first kappa shape index (κ1) is 15.8. The summed E-state index contributed by atoms with van der Waals surface area (Å²) in [5.74, 6) is 0. The van der Waals surface area contributed by atoms with Crippen LogP contribution in [0.5, 0.6) is 0 Å². The van der Waals surface area contributed by atoms with Gasteiger partial charge in [-0.1, -0.05) is 19.1 Å². The zero-order valence-corrected chi connectivity index (χ0v) is 12.3. The van der Waals surface area contributed by atoms with E-state index in [2.05, 4.69) is 5.32 Å². The summed E-state index contributed by atoms with van der Waals surface area (Å²) < 4.78 is 11.2. The molecular weight excluding hydrogens is 264 g/mol. The number of benzene rings is 1. The highest BCUT2D eigenvalue weighted by Crippen LogP contribution is 2.20. The Morgan fingerprint density at radius 3 is 2.74 bits per heavy atom. The quantitative estimate of drug-likeness (QED) is 0.473. The topological polar surface area (TPSA) is 72.2 Å². The van der Waals surface area contributed by atoms with E-state index >= 15 is 0 Å². The molecule has 1 rings (SSSR count). The first-order valence-corrected chi connectivity index (χ1v) is 7.81. The van der Waals surface area contributed by atoms with E-state index in [1.165, 1.54) is 6.07 Å². The highest BCUT2D eigenvalue weighted by atomic mass is 32.2. The lowest BCUT2D eigenvalue weighted by atomic mass is 10.1. The fourth-order valence-electron chi connectivity index (χ4n) is 1.75. The SMILES string of the molecule is Cc1c(CNCCC(C)S(C)=O)cccc1[N+](=O)[O-]. The van der Waals surface area contributed by atoms with Gasteiger partial charge in [-0.25, -0.2) is 0 Å². The van der Waals surface area contributed by atoms with Crippen molar-refractivity contribution in [2.24, 2.45) is 0 Å². The molecule has 0 aliphatic heterocycles. The Hall–Kier alpha value is -1.27. The molecule has 0 aliphatic rings. The summed E-state index contributed by atoms with van der Waals surface area (Å²) in [6, 6.07) is 5.10. The van der Waals surface area contributed by atoms with Gasteiger partial charge in [0.15, 0.2) is 0 Å². The molecule has 0 bridgehead atoms. The smallest absolute Gasteiger partial charge is 0.272 e. The fraction of sp³-hybridized carbons (Fsp3) is 0.538. The maximum absolute atomic E-state index is 11.2. The Labute approximate surface area is 116 Å². The van der Waals surface area contributed by atoms with Crippen LogP contribution in [0.3, 0.4) is 0 Å². The Morgan fingerprint density at radius 2 is 2.16 bits per heavy atom. The van der Waals surface area contributed by atoms with E-state index in [0.29, 0.717) is 12.1 Å². The Morgan fingerprint density at radius 1 is 1.47 bits per heavy atom. The van der Waals surface area contributed by atoms with Crippen molar-refractivity contribution in [2.75, 3.05) is 12.8 Å². The van der Waals surface area contributed by atoms with E-state index in [1.807, 2.05) is 13.0 Å². The number of nitro benzene ring substituents is 1. The maximum Gasteiger partial charge on any atom is 0.272 e. The molecule has 2 atom stereocenters. The highest BCUT2D eigenvalue weighted by molar-refractivity contribution is 7.84. The molecule has 0 saturated carbocycles. The molecule has 6 heteroatoms. The molecule has 106 valence electrons. The predicted molar refractivity (Wildman–Crippen MR) is 77.7 cm³/mol. The standard InChI is InChI=1S/C13H20N2O3S/c1-10(19(3)18)7-8-14-9-12-5-4-6-13(11(12)2)15(16)17/h4-6,10,14H,7-9H2,1-3H3. The van der Waals surface area contributed by atoms with Gasteiger partial charge in [-0.3, -0.25) is 14.3 Å². The normalized spacial score (nSPS) is 14.1. The average Bonchev–Trinajstić information content (AvgIpc) is 2.35. The van der Waals surface area contributed by atoms with E-state index in [4.69, 9.17) is 0 Å². The second-order valence-corrected chi connectivity index (χ2v) is 6.39. The zero-order chi connectivity index (χ0) is 14.4. The maximum atomic E-state index is 11.2. The van der Waals surface area contributed by atoms with Crippen LogP contribution in [0, 0.1) is 17.0 Å². The summed E-state index contributed by atoms with van der Waals surface area (Å²) in [5, 5.41) is 14.2. The second-order valence-electron chi connectivity index (χ2n) is 4.59. The molecule has 0 aliphatic carbocycles. The van der Waals surface area contributed by atoms with Crippen LogP contribution in [0.4, 0.5) is 5.69 Å². The summed E-state index contributed by atoms with van der Waals surface area (Å²) in [5.41, 5.74) is 1.79. The van der Waals surface area contributed by atoms with E-state index in [9.17, 15) is 14.3 Å². The van der Waals surface area contributed by atoms with Crippen LogP contribution < -0.4 is 5.32 Å². The van der Waals surface area contributed by atoms with Gasteiger partial charge in [0.1, 0.15) is 0 Å². The van der Waals surface area contributed by atoms with Crippen molar-refractivity contribution in [3.05, 3.63) is 39.4 Å². The summed E-state index contributed by atoms with van der Waals surface area (Å²) in [6.45, 7) is 5.06. The highest BCUT2D eigenvalue weighted by Gasteiger charge is 2.12. The Balaban J connectivity index is 2.52. The van der Waals surface area contributed by atoms with Gasteiger partial charge >= 0.3 is 0 Å². The molecule has 0 heterocycles. The van der Waals surface area contributed by atoms with Crippen molar-refractivity contribution in [1.29, 1.82) is 0 Å². The lowest BCUT2D eigenvalue weighted by Gasteiger charge is -2.10. The lowest BCUT2D eigenvalue weighted by molar-refractivity contribution is -0.385. The van der Waals surface area contributed by atoms with Gasteiger partial charge < -0.3 is 5.32 Å². The number of nitro groups is 1. The van der Waals surface area contributed by atoms with Crippen molar-refractivity contribution in [2.45, 2.75) is 32.1 Å². The van der Waals surface area contributed by atoms with E-state index in [1.54, 1.807) is 19.2 Å². The van der Waals surface area contributed by atoms with Gasteiger partial charge in [-0.2, -0.15) is 0 Å². The molecule has 0 amide bonds. The van der Waals surface area contributed by atoms with E-state index in [-0.39, 0.29) is 15.9 Å². The van der Waals surface area contributed by atoms with E-state index in [0.717, 1.165) is 18.5 Å². The molecule has 19 heavy (non-hydrogen) atoms. The summed E-state index contributed by atoms with van der Waals surface area (Å²) in [6.07, 6.45) is 2.53.